The van der Waals surface area contributed by atoms with E-state index in [4.69, 9.17) is 4.74 Å². The van der Waals surface area contributed by atoms with E-state index in [-0.39, 0.29) is 18.0 Å². The van der Waals surface area contributed by atoms with Crippen LogP contribution in [0.4, 0.5) is 0 Å². The highest BCUT2D eigenvalue weighted by molar-refractivity contribution is 5.76. The largest absolute Gasteiger partial charge is 0.497 e. The zero-order valence-electron chi connectivity index (χ0n) is 15.3. The molecule has 0 aliphatic heterocycles. The summed E-state index contributed by atoms with van der Waals surface area (Å²) in [5.41, 5.74) is 2.08. The van der Waals surface area contributed by atoms with Crippen molar-refractivity contribution < 1.29 is 9.53 Å². The number of hydrogen-bond acceptors (Lipinski definition) is 4. The van der Waals surface area contributed by atoms with Crippen LogP contribution in [0.3, 0.4) is 0 Å². The smallest absolute Gasteiger partial charge is 0.254 e. The fourth-order valence-corrected chi connectivity index (χ4v) is 2.73. The number of methoxy groups -OCH3 is 1. The third-order valence-corrected chi connectivity index (χ3v) is 4.12. The summed E-state index contributed by atoms with van der Waals surface area (Å²) in [5.74, 6) is 0.916. The summed E-state index contributed by atoms with van der Waals surface area (Å²) >= 11 is 0. The van der Waals surface area contributed by atoms with Crippen molar-refractivity contribution in [3.8, 4) is 17.1 Å². The van der Waals surface area contributed by atoms with Gasteiger partial charge in [0.2, 0.25) is 5.91 Å². The Hall–Kier alpha value is -3.41. The lowest BCUT2D eigenvalue weighted by Crippen LogP contribution is -2.33. The lowest BCUT2D eigenvalue weighted by Gasteiger charge is -2.13. The maximum absolute atomic E-state index is 12.5. The molecule has 0 aliphatic carbocycles. The van der Waals surface area contributed by atoms with Crippen molar-refractivity contribution in [2.75, 3.05) is 7.11 Å². The molecule has 1 N–H and O–H groups in total. The van der Waals surface area contributed by atoms with E-state index in [0.717, 1.165) is 11.1 Å². The van der Waals surface area contributed by atoms with E-state index in [9.17, 15) is 9.59 Å². The summed E-state index contributed by atoms with van der Waals surface area (Å²) in [6.45, 7) is 2.07. The molecule has 0 unspecified atom stereocenters. The average molecular weight is 363 g/mol. The maximum atomic E-state index is 12.5. The van der Waals surface area contributed by atoms with Gasteiger partial charge in [-0.15, -0.1) is 0 Å². The molecule has 1 aromatic heterocycles. The molecule has 27 heavy (non-hydrogen) atoms. The number of aryl methyl sites for hydroxylation is 1. The highest BCUT2D eigenvalue weighted by Crippen LogP contribution is 2.20. The highest BCUT2D eigenvalue weighted by atomic mass is 16.5. The van der Waals surface area contributed by atoms with E-state index in [1.165, 1.54) is 10.6 Å². The first-order valence-corrected chi connectivity index (χ1v) is 8.60. The van der Waals surface area contributed by atoms with Crippen LogP contribution in [-0.4, -0.2) is 22.6 Å². The van der Waals surface area contributed by atoms with Crippen LogP contribution in [0.25, 0.3) is 11.4 Å². The van der Waals surface area contributed by atoms with Crippen molar-refractivity contribution in [2.24, 2.45) is 0 Å². The Balaban J connectivity index is 1.83. The Morgan fingerprint density at radius 3 is 2.48 bits per heavy atom. The Morgan fingerprint density at radius 1 is 1.11 bits per heavy atom. The molecule has 0 bridgehead atoms. The molecule has 1 heterocycles. The van der Waals surface area contributed by atoms with E-state index >= 15 is 0 Å². The van der Waals surface area contributed by atoms with E-state index in [1.54, 1.807) is 26.2 Å². The molecule has 0 saturated heterocycles. The lowest BCUT2D eigenvalue weighted by atomic mass is 10.2. The van der Waals surface area contributed by atoms with Crippen molar-refractivity contribution in [1.82, 2.24) is 14.9 Å². The van der Waals surface area contributed by atoms with Crippen LogP contribution >= 0.6 is 0 Å². The molecule has 0 spiro atoms. The minimum absolute atomic E-state index is 0.0969. The third kappa shape index (κ3) is 4.61. The van der Waals surface area contributed by atoms with Crippen molar-refractivity contribution >= 4 is 5.91 Å². The zero-order valence-corrected chi connectivity index (χ0v) is 15.3. The van der Waals surface area contributed by atoms with Gasteiger partial charge in [0, 0.05) is 23.9 Å². The lowest BCUT2D eigenvalue weighted by molar-refractivity contribution is -0.121. The first-order valence-electron chi connectivity index (χ1n) is 8.60. The fraction of sp³-hybridized carbons (Fsp3) is 0.190. The number of carbonyl (C=O) groups excluding carboxylic acids is 1. The number of ether oxygens (including phenoxy) is 1. The second-order valence-electron chi connectivity index (χ2n) is 6.14. The molecule has 2 aromatic carbocycles. The summed E-state index contributed by atoms with van der Waals surface area (Å²) in [7, 11) is 1.59. The van der Waals surface area contributed by atoms with Gasteiger partial charge < -0.3 is 10.1 Å². The standard InChI is InChI=1S/C21H21N3O3/c1-15-12-20(26)24(14-19(25)22-13-16-6-4-3-5-7-16)21(23-15)17-8-10-18(27-2)11-9-17/h3-12H,13-14H2,1-2H3,(H,22,25). The molecule has 138 valence electrons. The summed E-state index contributed by atoms with van der Waals surface area (Å²) < 4.78 is 6.55. The van der Waals surface area contributed by atoms with Crippen LogP contribution < -0.4 is 15.6 Å². The number of aromatic nitrogens is 2. The molecule has 6 heteroatoms. The van der Waals surface area contributed by atoms with Crippen LogP contribution in [0.2, 0.25) is 0 Å². The average Bonchev–Trinajstić information content (AvgIpc) is 2.69. The monoisotopic (exact) mass is 363 g/mol. The van der Waals surface area contributed by atoms with Crippen molar-refractivity contribution in [2.45, 2.75) is 20.0 Å². The van der Waals surface area contributed by atoms with Gasteiger partial charge >= 0.3 is 0 Å². The molecule has 0 fully saturated rings. The van der Waals surface area contributed by atoms with E-state index in [1.807, 2.05) is 42.5 Å². The van der Waals surface area contributed by atoms with E-state index in [0.29, 0.717) is 23.8 Å². The van der Waals surface area contributed by atoms with Gasteiger partial charge in [-0.25, -0.2) is 4.98 Å². The normalized spacial score (nSPS) is 10.4. The fourth-order valence-electron chi connectivity index (χ4n) is 2.73. The van der Waals surface area contributed by atoms with Gasteiger partial charge in [0.15, 0.2) is 0 Å². The molecule has 0 aliphatic rings. The first kappa shape index (κ1) is 18.4. The molecular formula is C21H21N3O3. The summed E-state index contributed by atoms with van der Waals surface area (Å²) in [6.07, 6.45) is 0. The molecule has 6 nitrogen and oxygen atoms in total. The molecule has 0 saturated carbocycles. The van der Waals surface area contributed by atoms with Gasteiger partial charge in [-0.3, -0.25) is 14.2 Å². The molecular weight excluding hydrogens is 342 g/mol. The van der Waals surface area contributed by atoms with Gasteiger partial charge in [-0.2, -0.15) is 0 Å². The van der Waals surface area contributed by atoms with Crippen molar-refractivity contribution in [1.29, 1.82) is 0 Å². The Labute approximate surface area is 157 Å². The number of nitrogens with zero attached hydrogens (tertiary/aromatic N) is 2. The SMILES string of the molecule is COc1ccc(-c2nc(C)cc(=O)n2CC(=O)NCc2ccccc2)cc1. The van der Waals surface area contributed by atoms with Crippen LogP contribution in [-0.2, 0) is 17.9 Å². The summed E-state index contributed by atoms with van der Waals surface area (Å²) in [5, 5.41) is 2.84. The molecule has 0 atom stereocenters. The third-order valence-electron chi connectivity index (χ3n) is 4.12. The summed E-state index contributed by atoms with van der Waals surface area (Å²) in [6, 6.07) is 18.3. The van der Waals surface area contributed by atoms with Crippen molar-refractivity contribution in [3.63, 3.8) is 0 Å². The summed E-state index contributed by atoms with van der Waals surface area (Å²) in [4.78, 5) is 29.3. The number of nitrogens with one attached hydrogen (secondary N) is 1. The Morgan fingerprint density at radius 2 is 1.81 bits per heavy atom. The van der Waals surface area contributed by atoms with Crippen LogP contribution in [0.15, 0.2) is 65.5 Å². The minimum Gasteiger partial charge on any atom is -0.497 e. The Kier molecular flexibility index (Phi) is 5.66. The minimum atomic E-state index is -0.261. The van der Waals surface area contributed by atoms with Gasteiger partial charge in [0.1, 0.15) is 18.1 Å². The van der Waals surface area contributed by atoms with E-state index in [2.05, 4.69) is 10.3 Å². The first-order chi connectivity index (χ1) is 13.1. The second-order valence-corrected chi connectivity index (χ2v) is 6.14. The van der Waals surface area contributed by atoms with Gasteiger partial charge in [0.05, 0.1) is 7.11 Å². The quantitative estimate of drug-likeness (QED) is 0.730. The number of carbonyl (C=O) groups is 1. The van der Waals surface area contributed by atoms with E-state index < -0.39 is 0 Å². The molecule has 0 radical (unpaired) electrons. The Bertz CT molecular complexity index is 980. The number of amides is 1. The predicted octanol–water partition coefficient (Wildman–Crippen LogP) is 2.54. The number of benzene rings is 2. The molecule has 1 amide bonds. The number of hydrogen-bond donors (Lipinski definition) is 1. The number of rotatable bonds is 6. The maximum Gasteiger partial charge on any atom is 0.254 e. The molecule has 3 aromatic rings. The molecule has 3 rings (SSSR count). The second kappa shape index (κ2) is 8.31. The van der Waals surface area contributed by atoms with Crippen molar-refractivity contribution in [3.05, 3.63) is 82.3 Å². The van der Waals surface area contributed by atoms with Crippen LogP contribution in [0.1, 0.15) is 11.3 Å². The topological polar surface area (TPSA) is 73.2 Å². The van der Waals surface area contributed by atoms with Crippen LogP contribution in [0.5, 0.6) is 5.75 Å². The zero-order chi connectivity index (χ0) is 19.2. The van der Waals surface area contributed by atoms with Gasteiger partial charge in [-0.05, 0) is 36.8 Å². The van der Waals surface area contributed by atoms with Gasteiger partial charge in [-0.1, -0.05) is 30.3 Å². The highest BCUT2D eigenvalue weighted by Gasteiger charge is 2.13. The predicted molar refractivity (Wildman–Crippen MR) is 104 cm³/mol. The van der Waals surface area contributed by atoms with Gasteiger partial charge in [0.25, 0.3) is 5.56 Å². The van der Waals surface area contributed by atoms with Crippen LogP contribution in [0, 0.1) is 6.92 Å².